The molecule has 2 aromatic rings. The summed E-state index contributed by atoms with van der Waals surface area (Å²) in [4.78, 5) is 27.7. The Bertz CT molecular complexity index is 892. The SMILES string of the molecule is CCCNC(=O)C(CC)N(Cc1cccc(C)c1)C(=O)CSCc1ccc(Cl)cc1Cl. The van der Waals surface area contributed by atoms with Gasteiger partial charge in [-0.3, -0.25) is 9.59 Å². The lowest BCUT2D eigenvalue weighted by Crippen LogP contribution is -2.49. The van der Waals surface area contributed by atoms with E-state index in [0.717, 1.165) is 23.1 Å². The smallest absolute Gasteiger partial charge is 0.242 e. The normalized spacial score (nSPS) is 11.8. The topological polar surface area (TPSA) is 49.4 Å². The van der Waals surface area contributed by atoms with Crippen molar-refractivity contribution in [2.24, 2.45) is 0 Å². The van der Waals surface area contributed by atoms with Gasteiger partial charge in [0.2, 0.25) is 11.8 Å². The van der Waals surface area contributed by atoms with Crippen LogP contribution in [0, 0.1) is 6.92 Å². The van der Waals surface area contributed by atoms with Gasteiger partial charge in [0.25, 0.3) is 0 Å². The lowest BCUT2D eigenvalue weighted by Gasteiger charge is -2.30. The zero-order chi connectivity index (χ0) is 22.8. The Labute approximate surface area is 199 Å². The van der Waals surface area contributed by atoms with Gasteiger partial charge in [0, 0.05) is 28.9 Å². The summed E-state index contributed by atoms with van der Waals surface area (Å²) in [6, 6.07) is 12.9. The standard InChI is InChI=1S/C24H30Cl2N2O2S/c1-4-11-27-24(30)22(5-2)28(14-18-8-6-7-17(3)12-18)23(29)16-31-15-19-9-10-20(25)13-21(19)26/h6-10,12-13,22H,4-5,11,14-16H2,1-3H3,(H,27,30). The lowest BCUT2D eigenvalue weighted by molar-refractivity contribution is -0.139. The highest BCUT2D eigenvalue weighted by Crippen LogP contribution is 2.25. The van der Waals surface area contributed by atoms with Gasteiger partial charge in [0.05, 0.1) is 5.75 Å². The van der Waals surface area contributed by atoms with Gasteiger partial charge >= 0.3 is 0 Å². The van der Waals surface area contributed by atoms with Gasteiger partial charge in [0.15, 0.2) is 0 Å². The summed E-state index contributed by atoms with van der Waals surface area (Å²) in [6.07, 6.45) is 1.41. The minimum absolute atomic E-state index is 0.0601. The molecule has 0 aliphatic carbocycles. The van der Waals surface area contributed by atoms with Gasteiger partial charge in [0.1, 0.15) is 6.04 Å². The largest absolute Gasteiger partial charge is 0.354 e. The molecule has 0 bridgehead atoms. The van der Waals surface area contributed by atoms with Gasteiger partial charge in [-0.2, -0.15) is 0 Å². The molecule has 2 rings (SSSR count). The van der Waals surface area contributed by atoms with E-state index in [1.165, 1.54) is 11.8 Å². The zero-order valence-corrected chi connectivity index (χ0v) is 20.6. The maximum atomic E-state index is 13.2. The van der Waals surface area contributed by atoms with E-state index in [2.05, 4.69) is 11.4 Å². The minimum Gasteiger partial charge on any atom is -0.354 e. The predicted molar refractivity (Wildman–Crippen MR) is 132 cm³/mol. The molecule has 0 radical (unpaired) electrons. The van der Waals surface area contributed by atoms with Crippen LogP contribution >= 0.6 is 35.0 Å². The number of nitrogens with zero attached hydrogens (tertiary/aromatic N) is 1. The number of rotatable bonds is 11. The molecule has 0 aromatic heterocycles. The predicted octanol–water partition coefficient (Wildman–Crippen LogP) is 5.87. The molecule has 2 aromatic carbocycles. The van der Waals surface area contributed by atoms with Crippen molar-refractivity contribution in [3.8, 4) is 0 Å². The van der Waals surface area contributed by atoms with Crippen molar-refractivity contribution in [1.29, 1.82) is 0 Å². The molecular formula is C24H30Cl2N2O2S. The van der Waals surface area contributed by atoms with Crippen molar-refractivity contribution >= 4 is 46.8 Å². The van der Waals surface area contributed by atoms with Crippen LogP contribution in [0.4, 0.5) is 0 Å². The highest BCUT2D eigenvalue weighted by atomic mass is 35.5. The average molecular weight is 481 g/mol. The first-order valence-electron chi connectivity index (χ1n) is 10.5. The van der Waals surface area contributed by atoms with E-state index in [9.17, 15) is 9.59 Å². The van der Waals surface area contributed by atoms with Crippen molar-refractivity contribution in [2.45, 2.75) is 52.0 Å². The molecule has 0 saturated heterocycles. The molecule has 168 valence electrons. The molecule has 7 heteroatoms. The van der Waals surface area contributed by atoms with Gasteiger partial charge in [-0.05, 0) is 43.0 Å². The second-order valence-corrected chi connectivity index (χ2v) is 9.28. The van der Waals surface area contributed by atoms with Crippen molar-refractivity contribution in [2.75, 3.05) is 12.3 Å². The summed E-state index contributed by atoms with van der Waals surface area (Å²) in [5.41, 5.74) is 3.07. The number of hydrogen-bond donors (Lipinski definition) is 1. The number of halogens is 2. The Kier molecular flexibility index (Phi) is 10.7. The maximum Gasteiger partial charge on any atom is 0.242 e. The van der Waals surface area contributed by atoms with Crippen LogP contribution in [0.3, 0.4) is 0 Å². The third-order valence-corrected chi connectivity index (χ3v) is 6.42. The summed E-state index contributed by atoms with van der Waals surface area (Å²) >= 11 is 13.7. The summed E-state index contributed by atoms with van der Waals surface area (Å²) in [5.74, 6) is 0.701. The molecule has 0 heterocycles. The molecule has 0 saturated carbocycles. The van der Waals surface area contributed by atoms with E-state index in [4.69, 9.17) is 23.2 Å². The third-order valence-electron chi connectivity index (χ3n) is 4.87. The third kappa shape index (κ3) is 8.06. The van der Waals surface area contributed by atoms with Crippen molar-refractivity contribution in [1.82, 2.24) is 10.2 Å². The molecule has 4 nitrogen and oxygen atoms in total. The molecule has 31 heavy (non-hydrogen) atoms. The fourth-order valence-corrected chi connectivity index (χ4v) is 4.73. The van der Waals surface area contributed by atoms with Crippen LogP contribution in [0.2, 0.25) is 10.0 Å². The molecule has 1 atom stereocenters. The highest BCUT2D eigenvalue weighted by molar-refractivity contribution is 7.99. The molecule has 2 amide bonds. The number of carbonyl (C=O) groups excluding carboxylic acids is 2. The van der Waals surface area contributed by atoms with Gasteiger partial charge in [-0.1, -0.05) is 72.9 Å². The number of nitrogens with one attached hydrogen (secondary N) is 1. The molecule has 0 fully saturated rings. The Morgan fingerprint density at radius 3 is 2.55 bits per heavy atom. The van der Waals surface area contributed by atoms with Crippen molar-refractivity contribution in [3.05, 3.63) is 69.2 Å². The molecular weight excluding hydrogens is 451 g/mol. The number of carbonyl (C=O) groups is 2. The van der Waals surface area contributed by atoms with Crippen LogP contribution in [0.25, 0.3) is 0 Å². The zero-order valence-electron chi connectivity index (χ0n) is 18.3. The van der Waals surface area contributed by atoms with Crippen LogP contribution in [-0.2, 0) is 21.9 Å². The van der Waals surface area contributed by atoms with Crippen molar-refractivity contribution < 1.29 is 9.59 Å². The van der Waals surface area contributed by atoms with E-state index in [1.807, 2.05) is 45.0 Å². The van der Waals surface area contributed by atoms with Crippen LogP contribution in [-0.4, -0.2) is 35.1 Å². The van der Waals surface area contributed by atoms with E-state index in [1.54, 1.807) is 17.0 Å². The Hall–Kier alpha value is -1.69. The molecule has 0 aliphatic heterocycles. The first-order valence-corrected chi connectivity index (χ1v) is 12.4. The second-order valence-electron chi connectivity index (χ2n) is 7.45. The number of aryl methyl sites for hydroxylation is 1. The van der Waals surface area contributed by atoms with Gasteiger partial charge in [-0.15, -0.1) is 11.8 Å². The Balaban J connectivity index is 2.13. The Morgan fingerprint density at radius 1 is 1.13 bits per heavy atom. The number of benzene rings is 2. The maximum absolute atomic E-state index is 13.2. The summed E-state index contributed by atoms with van der Waals surface area (Å²) in [7, 11) is 0. The van der Waals surface area contributed by atoms with Crippen LogP contribution in [0.15, 0.2) is 42.5 Å². The van der Waals surface area contributed by atoms with E-state index in [-0.39, 0.29) is 17.6 Å². The number of thioether (sulfide) groups is 1. The number of amides is 2. The fraction of sp³-hybridized carbons (Fsp3) is 0.417. The van der Waals surface area contributed by atoms with Crippen LogP contribution in [0.1, 0.15) is 43.4 Å². The Morgan fingerprint density at radius 2 is 1.90 bits per heavy atom. The van der Waals surface area contributed by atoms with Crippen molar-refractivity contribution in [3.63, 3.8) is 0 Å². The summed E-state index contributed by atoms with van der Waals surface area (Å²) < 4.78 is 0. The van der Waals surface area contributed by atoms with E-state index >= 15 is 0 Å². The molecule has 1 N–H and O–H groups in total. The molecule has 0 aliphatic rings. The van der Waals surface area contributed by atoms with Gasteiger partial charge in [-0.25, -0.2) is 0 Å². The first-order chi connectivity index (χ1) is 14.8. The average Bonchev–Trinajstić information content (AvgIpc) is 2.73. The van der Waals surface area contributed by atoms with Crippen LogP contribution in [0.5, 0.6) is 0 Å². The monoisotopic (exact) mass is 480 g/mol. The van der Waals surface area contributed by atoms with E-state index < -0.39 is 6.04 Å². The van der Waals surface area contributed by atoms with E-state index in [0.29, 0.717) is 35.3 Å². The van der Waals surface area contributed by atoms with Crippen LogP contribution < -0.4 is 5.32 Å². The summed E-state index contributed by atoms with van der Waals surface area (Å²) in [6.45, 7) is 6.97. The molecule has 1 unspecified atom stereocenters. The molecule has 0 spiro atoms. The lowest BCUT2D eigenvalue weighted by atomic mass is 10.1. The first kappa shape index (κ1) is 25.6. The fourth-order valence-electron chi connectivity index (χ4n) is 3.26. The number of hydrogen-bond acceptors (Lipinski definition) is 3. The minimum atomic E-state index is -0.501. The second kappa shape index (κ2) is 13.0. The summed E-state index contributed by atoms with van der Waals surface area (Å²) in [5, 5.41) is 4.12. The van der Waals surface area contributed by atoms with Gasteiger partial charge < -0.3 is 10.2 Å². The quantitative estimate of drug-likeness (QED) is 0.437. The highest BCUT2D eigenvalue weighted by Gasteiger charge is 2.28.